The van der Waals surface area contributed by atoms with Gasteiger partial charge in [0.15, 0.2) is 0 Å². The Bertz CT molecular complexity index is 640. The number of allylic oxidation sites excluding steroid dienone is 5. The summed E-state index contributed by atoms with van der Waals surface area (Å²) in [7, 11) is -1.57. The predicted octanol–water partition coefficient (Wildman–Crippen LogP) is 2.96. The molecule has 128 valence electrons. The van der Waals surface area contributed by atoms with E-state index in [1.807, 2.05) is 12.2 Å². The fourth-order valence-electron chi connectivity index (χ4n) is 4.40. The number of likely N-dealkylation sites (N-methyl/N-ethyl adjacent to an activating group) is 2. The average Bonchev–Trinajstić information content (AvgIpc) is 2.73. The maximum atomic E-state index is 13.2. The van der Waals surface area contributed by atoms with E-state index in [9.17, 15) is 8.42 Å². The minimum absolute atomic E-state index is 0.0117. The SMILES string of the molecule is CCNCC1=C(C2C=CC=CC2)S(=O)(=O)N(C)C12CCCCC2. The Morgan fingerprint density at radius 3 is 2.61 bits per heavy atom. The van der Waals surface area contributed by atoms with Crippen LogP contribution in [0, 0.1) is 5.92 Å². The van der Waals surface area contributed by atoms with Crippen molar-refractivity contribution < 1.29 is 8.42 Å². The van der Waals surface area contributed by atoms with Crippen molar-refractivity contribution in [3.8, 4) is 0 Å². The first kappa shape index (κ1) is 16.9. The minimum Gasteiger partial charge on any atom is -0.313 e. The van der Waals surface area contributed by atoms with Gasteiger partial charge in [0.2, 0.25) is 10.0 Å². The molecule has 1 spiro atoms. The third-order valence-corrected chi connectivity index (χ3v) is 7.83. The number of nitrogens with one attached hydrogen (secondary N) is 1. The van der Waals surface area contributed by atoms with Crippen molar-refractivity contribution in [1.82, 2.24) is 9.62 Å². The second-order valence-corrected chi connectivity index (χ2v) is 8.78. The molecule has 0 saturated heterocycles. The van der Waals surface area contributed by atoms with Crippen molar-refractivity contribution in [2.75, 3.05) is 20.1 Å². The molecule has 5 heteroatoms. The third-order valence-electron chi connectivity index (χ3n) is 5.65. The first-order valence-electron chi connectivity index (χ1n) is 8.80. The molecule has 1 atom stereocenters. The minimum atomic E-state index is -3.37. The molecule has 1 unspecified atom stereocenters. The van der Waals surface area contributed by atoms with Crippen molar-refractivity contribution >= 4 is 10.0 Å². The van der Waals surface area contributed by atoms with Gasteiger partial charge < -0.3 is 5.32 Å². The first-order valence-corrected chi connectivity index (χ1v) is 10.2. The summed E-state index contributed by atoms with van der Waals surface area (Å²) in [5.41, 5.74) is 0.843. The molecule has 0 radical (unpaired) electrons. The molecule has 1 saturated carbocycles. The Kier molecular flexibility index (Phi) is 4.81. The first-order chi connectivity index (χ1) is 11.0. The van der Waals surface area contributed by atoms with Crippen molar-refractivity contribution in [3.63, 3.8) is 0 Å². The van der Waals surface area contributed by atoms with Crippen LogP contribution in [0.25, 0.3) is 0 Å². The molecule has 4 nitrogen and oxygen atoms in total. The number of hydrogen-bond acceptors (Lipinski definition) is 3. The van der Waals surface area contributed by atoms with Gasteiger partial charge in [-0.2, -0.15) is 4.31 Å². The van der Waals surface area contributed by atoms with Gasteiger partial charge in [-0.25, -0.2) is 8.42 Å². The van der Waals surface area contributed by atoms with Crippen LogP contribution in [0.2, 0.25) is 0 Å². The van der Waals surface area contributed by atoms with Gasteiger partial charge in [-0.3, -0.25) is 0 Å². The van der Waals surface area contributed by atoms with Crippen molar-refractivity contribution in [2.45, 2.75) is 51.0 Å². The predicted molar refractivity (Wildman–Crippen MR) is 94.5 cm³/mol. The second-order valence-electron chi connectivity index (χ2n) is 6.84. The maximum Gasteiger partial charge on any atom is 0.240 e. The molecule has 0 bridgehead atoms. The van der Waals surface area contributed by atoms with Gasteiger partial charge >= 0.3 is 0 Å². The maximum absolute atomic E-state index is 13.2. The molecule has 0 aromatic carbocycles. The summed E-state index contributed by atoms with van der Waals surface area (Å²) < 4.78 is 28.1. The fraction of sp³-hybridized carbons (Fsp3) is 0.667. The van der Waals surface area contributed by atoms with E-state index in [4.69, 9.17) is 0 Å². The molecule has 23 heavy (non-hydrogen) atoms. The molecule has 1 N–H and O–H groups in total. The lowest BCUT2D eigenvalue weighted by molar-refractivity contribution is 0.197. The zero-order valence-electron chi connectivity index (χ0n) is 14.2. The van der Waals surface area contributed by atoms with Crippen LogP contribution in [0.3, 0.4) is 0 Å². The van der Waals surface area contributed by atoms with E-state index in [1.165, 1.54) is 6.42 Å². The largest absolute Gasteiger partial charge is 0.313 e. The number of sulfonamides is 1. The molecule has 0 aromatic rings. The normalized spacial score (nSPS) is 29.6. The smallest absolute Gasteiger partial charge is 0.240 e. The van der Waals surface area contributed by atoms with E-state index in [0.717, 1.165) is 44.2 Å². The molecule has 1 heterocycles. The Morgan fingerprint density at radius 1 is 1.26 bits per heavy atom. The summed E-state index contributed by atoms with van der Waals surface area (Å²) in [6, 6.07) is 0. The monoisotopic (exact) mass is 336 g/mol. The molecule has 3 rings (SSSR count). The number of hydrogen-bond donors (Lipinski definition) is 1. The molecule has 1 fully saturated rings. The van der Waals surface area contributed by atoms with E-state index in [0.29, 0.717) is 11.4 Å². The Morgan fingerprint density at radius 2 is 2.00 bits per heavy atom. The zero-order chi connectivity index (χ0) is 16.5. The summed E-state index contributed by atoms with van der Waals surface area (Å²) in [6.45, 7) is 3.62. The average molecular weight is 337 g/mol. The number of nitrogens with zero attached hydrogens (tertiary/aromatic N) is 1. The fourth-order valence-corrected chi connectivity index (χ4v) is 6.58. The second kappa shape index (κ2) is 6.54. The van der Waals surface area contributed by atoms with Gasteiger partial charge in [0.1, 0.15) is 0 Å². The highest BCUT2D eigenvalue weighted by molar-refractivity contribution is 7.93. The van der Waals surface area contributed by atoms with Crippen LogP contribution in [0.5, 0.6) is 0 Å². The quantitative estimate of drug-likeness (QED) is 0.859. The summed E-state index contributed by atoms with van der Waals surface area (Å²) in [5, 5.41) is 3.40. The van der Waals surface area contributed by atoms with Gasteiger partial charge in [-0.05, 0) is 31.4 Å². The van der Waals surface area contributed by atoms with Crippen molar-refractivity contribution in [1.29, 1.82) is 0 Å². The highest BCUT2D eigenvalue weighted by atomic mass is 32.2. The van der Waals surface area contributed by atoms with E-state index in [2.05, 4.69) is 24.4 Å². The molecule has 0 aromatic heterocycles. The van der Waals surface area contributed by atoms with Gasteiger partial charge in [-0.1, -0.05) is 50.5 Å². The van der Waals surface area contributed by atoms with Crippen LogP contribution in [0.15, 0.2) is 34.8 Å². The summed E-state index contributed by atoms with van der Waals surface area (Å²) in [5.74, 6) is -0.0117. The lowest BCUT2D eigenvalue weighted by atomic mass is 9.75. The van der Waals surface area contributed by atoms with Gasteiger partial charge in [-0.15, -0.1) is 0 Å². The summed E-state index contributed by atoms with van der Waals surface area (Å²) in [4.78, 5) is 0.670. The Hall–Kier alpha value is -0.910. The molecule has 0 amide bonds. The molecular formula is C18H28N2O2S. The van der Waals surface area contributed by atoms with Gasteiger partial charge in [0, 0.05) is 19.5 Å². The van der Waals surface area contributed by atoms with Gasteiger partial charge in [0.05, 0.1) is 10.4 Å². The third kappa shape index (κ3) is 2.73. The Labute approximate surface area is 140 Å². The zero-order valence-corrected chi connectivity index (χ0v) is 15.0. The summed E-state index contributed by atoms with van der Waals surface area (Å²) >= 11 is 0. The van der Waals surface area contributed by atoms with Crippen LogP contribution in [-0.2, 0) is 10.0 Å². The molecule has 1 aliphatic heterocycles. The molecule has 2 aliphatic carbocycles. The lowest BCUT2D eigenvalue weighted by Gasteiger charge is -2.40. The standard InChI is InChI=1S/C18H28N2O2S/c1-3-19-14-16-17(15-10-6-4-7-11-15)23(21,22)20(2)18(16)12-8-5-9-13-18/h4,6-7,10,15,19H,3,5,8-9,11-14H2,1-2H3. The van der Waals surface area contributed by atoms with Gasteiger partial charge in [0.25, 0.3) is 0 Å². The van der Waals surface area contributed by atoms with Crippen molar-refractivity contribution in [3.05, 3.63) is 34.8 Å². The molecule has 3 aliphatic rings. The lowest BCUT2D eigenvalue weighted by Crippen LogP contribution is -2.48. The van der Waals surface area contributed by atoms with E-state index in [-0.39, 0.29) is 11.5 Å². The number of rotatable bonds is 4. The Balaban J connectivity index is 2.11. The van der Waals surface area contributed by atoms with Crippen LogP contribution < -0.4 is 5.32 Å². The summed E-state index contributed by atoms with van der Waals surface area (Å²) in [6.07, 6.45) is 14.2. The van der Waals surface area contributed by atoms with E-state index in [1.54, 1.807) is 11.4 Å². The highest BCUT2D eigenvalue weighted by Gasteiger charge is 2.54. The van der Waals surface area contributed by atoms with Crippen LogP contribution in [0.1, 0.15) is 45.4 Å². The van der Waals surface area contributed by atoms with Crippen LogP contribution in [-0.4, -0.2) is 38.4 Å². The van der Waals surface area contributed by atoms with Crippen molar-refractivity contribution in [2.24, 2.45) is 5.92 Å². The van der Waals surface area contributed by atoms with Crippen LogP contribution >= 0.6 is 0 Å². The van der Waals surface area contributed by atoms with E-state index >= 15 is 0 Å². The topological polar surface area (TPSA) is 49.4 Å². The van der Waals surface area contributed by atoms with Crippen LogP contribution in [0.4, 0.5) is 0 Å². The van der Waals surface area contributed by atoms with E-state index < -0.39 is 10.0 Å². The highest BCUT2D eigenvalue weighted by Crippen LogP contribution is 2.50. The molecular weight excluding hydrogens is 308 g/mol.